The minimum absolute atomic E-state index is 0.141. The van der Waals surface area contributed by atoms with Crippen molar-refractivity contribution < 1.29 is 9.53 Å². The molecule has 6 nitrogen and oxygen atoms in total. The van der Waals surface area contributed by atoms with E-state index in [-0.39, 0.29) is 5.91 Å². The number of pyridine rings is 1. The second-order valence-electron chi connectivity index (χ2n) is 6.09. The molecule has 0 aliphatic rings. The van der Waals surface area contributed by atoms with Crippen LogP contribution in [0, 0.1) is 0 Å². The minimum Gasteiger partial charge on any atom is -0.478 e. The average Bonchev–Trinajstić information content (AvgIpc) is 3.10. The molecule has 3 rings (SSSR count). The van der Waals surface area contributed by atoms with Crippen LogP contribution >= 0.6 is 0 Å². The Hall–Kier alpha value is -3.15. The van der Waals surface area contributed by atoms with Gasteiger partial charge >= 0.3 is 0 Å². The van der Waals surface area contributed by atoms with Gasteiger partial charge in [0.25, 0.3) is 5.91 Å². The van der Waals surface area contributed by atoms with Crippen molar-refractivity contribution in [1.29, 1.82) is 0 Å². The van der Waals surface area contributed by atoms with Crippen molar-refractivity contribution >= 4 is 5.91 Å². The van der Waals surface area contributed by atoms with Gasteiger partial charge in [0, 0.05) is 18.3 Å². The number of rotatable bonds is 8. The third-order valence-corrected chi connectivity index (χ3v) is 4.27. The molecule has 6 heteroatoms. The van der Waals surface area contributed by atoms with Crippen LogP contribution in [-0.4, -0.2) is 27.3 Å². The van der Waals surface area contributed by atoms with E-state index in [2.05, 4.69) is 27.5 Å². The summed E-state index contributed by atoms with van der Waals surface area (Å²) in [6, 6.07) is 13.8. The highest BCUT2D eigenvalue weighted by Gasteiger charge is 2.17. The number of amides is 1. The Balaban J connectivity index is 1.72. The molecule has 0 fully saturated rings. The molecule has 0 radical (unpaired) electrons. The zero-order valence-electron chi connectivity index (χ0n) is 15.7. The molecule has 140 valence electrons. The van der Waals surface area contributed by atoms with Crippen LogP contribution in [0.3, 0.4) is 0 Å². The molecule has 1 aromatic carbocycles. The second-order valence-corrected chi connectivity index (χ2v) is 6.09. The first-order valence-electron chi connectivity index (χ1n) is 9.16. The van der Waals surface area contributed by atoms with Gasteiger partial charge in [-0.15, -0.1) is 0 Å². The van der Waals surface area contributed by atoms with Crippen LogP contribution in [0.15, 0.2) is 54.9 Å². The topological polar surface area (TPSA) is 69.0 Å². The standard InChI is InChI=1S/C21H24N4O2/c1-3-19-18(14-24-25(19)15-16-9-6-5-7-10-16)20(26)23-13-17-11-8-12-22-21(17)27-4-2/h5-12,14H,3-4,13,15H2,1-2H3,(H,23,26). The molecule has 0 saturated carbocycles. The molecule has 27 heavy (non-hydrogen) atoms. The second kappa shape index (κ2) is 8.98. The van der Waals surface area contributed by atoms with Gasteiger partial charge in [-0.2, -0.15) is 5.10 Å². The zero-order valence-corrected chi connectivity index (χ0v) is 15.7. The van der Waals surface area contributed by atoms with Crippen molar-refractivity contribution in [2.24, 2.45) is 0 Å². The van der Waals surface area contributed by atoms with E-state index in [0.29, 0.717) is 31.1 Å². The maximum atomic E-state index is 12.7. The number of benzene rings is 1. The van der Waals surface area contributed by atoms with Crippen molar-refractivity contribution in [1.82, 2.24) is 20.1 Å². The smallest absolute Gasteiger partial charge is 0.255 e. The fraction of sp³-hybridized carbons (Fsp3) is 0.286. The fourth-order valence-corrected chi connectivity index (χ4v) is 2.96. The Morgan fingerprint density at radius 1 is 1.15 bits per heavy atom. The number of nitrogens with one attached hydrogen (secondary N) is 1. The van der Waals surface area contributed by atoms with Gasteiger partial charge in [0.05, 0.1) is 30.6 Å². The summed E-state index contributed by atoms with van der Waals surface area (Å²) in [5.74, 6) is 0.410. The molecule has 0 aliphatic carbocycles. The molecule has 0 unspecified atom stereocenters. The Kier molecular flexibility index (Phi) is 6.20. The lowest BCUT2D eigenvalue weighted by atomic mass is 10.1. The number of ether oxygens (including phenoxy) is 1. The van der Waals surface area contributed by atoms with E-state index in [4.69, 9.17) is 4.74 Å². The first kappa shape index (κ1) is 18.6. The zero-order chi connectivity index (χ0) is 19.1. The molecule has 0 saturated heterocycles. The third kappa shape index (κ3) is 4.53. The SMILES string of the molecule is CCOc1ncccc1CNC(=O)c1cnn(Cc2ccccc2)c1CC. The fourth-order valence-electron chi connectivity index (χ4n) is 2.96. The Labute approximate surface area is 159 Å². The summed E-state index contributed by atoms with van der Waals surface area (Å²) in [4.78, 5) is 16.9. The van der Waals surface area contributed by atoms with Crippen LogP contribution in [0.25, 0.3) is 0 Å². The van der Waals surface area contributed by atoms with Gasteiger partial charge in [-0.1, -0.05) is 43.3 Å². The van der Waals surface area contributed by atoms with Crippen molar-refractivity contribution in [3.8, 4) is 5.88 Å². The van der Waals surface area contributed by atoms with Crippen molar-refractivity contribution in [3.05, 3.63) is 77.2 Å². The normalized spacial score (nSPS) is 10.6. The van der Waals surface area contributed by atoms with Crippen LogP contribution in [0.1, 0.15) is 41.0 Å². The Bertz CT molecular complexity index is 890. The lowest BCUT2D eigenvalue weighted by molar-refractivity contribution is 0.0949. The summed E-state index contributed by atoms with van der Waals surface area (Å²) in [6.07, 6.45) is 4.05. The number of hydrogen-bond donors (Lipinski definition) is 1. The molecule has 0 aliphatic heterocycles. The molecular weight excluding hydrogens is 340 g/mol. The van der Waals surface area contributed by atoms with Gasteiger partial charge in [-0.25, -0.2) is 4.98 Å². The summed E-state index contributed by atoms with van der Waals surface area (Å²) in [5, 5.41) is 7.38. The van der Waals surface area contributed by atoms with Gasteiger partial charge < -0.3 is 10.1 Å². The molecule has 0 atom stereocenters. The van der Waals surface area contributed by atoms with E-state index in [1.807, 2.05) is 48.9 Å². The number of hydrogen-bond acceptors (Lipinski definition) is 4. The molecule has 0 bridgehead atoms. The molecule has 1 amide bonds. The first-order valence-corrected chi connectivity index (χ1v) is 9.16. The van der Waals surface area contributed by atoms with Crippen LogP contribution in [0.2, 0.25) is 0 Å². The monoisotopic (exact) mass is 364 g/mol. The summed E-state index contributed by atoms with van der Waals surface area (Å²) in [5.41, 5.74) is 3.53. The van der Waals surface area contributed by atoms with E-state index < -0.39 is 0 Å². The van der Waals surface area contributed by atoms with E-state index in [9.17, 15) is 4.79 Å². The maximum Gasteiger partial charge on any atom is 0.255 e. The summed E-state index contributed by atoms with van der Waals surface area (Å²) in [7, 11) is 0. The highest BCUT2D eigenvalue weighted by Crippen LogP contribution is 2.16. The molecule has 0 spiro atoms. The van der Waals surface area contributed by atoms with Crippen molar-refractivity contribution in [2.45, 2.75) is 33.4 Å². The number of aromatic nitrogens is 3. The minimum atomic E-state index is -0.141. The van der Waals surface area contributed by atoms with Crippen molar-refractivity contribution in [2.75, 3.05) is 6.61 Å². The van der Waals surface area contributed by atoms with Gasteiger partial charge in [0.2, 0.25) is 5.88 Å². The van der Waals surface area contributed by atoms with Crippen molar-refractivity contribution in [3.63, 3.8) is 0 Å². The summed E-state index contributed by atoms with van der Waals surface area (Å²) < 4.78 is 7.40. The highest BCUT2D eigenvalue weighted by molar-refractivity contribution is 5.95. The van der Waals surface area contributed by atoms with Crippen LogP contribution in [0.4, 0.5) is 0 Å². The molecule has 2 aromatic heterocycles. The largest absolute Gasteiger partial charge is 0.478 e. The molecule has 3 aromatic rings. The Morgan fingerprint density at radius 3 is 2.70 bits per heavy atom. The van der Waals surface area contributed by atoms with Gasteiger partial charge in [-0.05, 0) is 25.0 Å². The van der Waals surface area contributed by atoms with Gasteiger partial charge in [-0.3, -0.25) is 9.48 Å². The lowest BCUT2D eigenvalue weighted by Gasteiger charge is -2.11. The first-order chi connectivity index (χ1) is 13.2. The van der Waals surface area contributed by atoms with E-state index in [1.54, 1.807) is 12.4 Å². The van der Waals surface area contributed by atoms with Crippen LogP contribution in [-0.2, 0) is 19.5 Å². The predicted octanol–water partition coefficient (Wildman–Crippen LogP) is 3.22. The average molecular weight is 364 g/mol. The maximum absolute atomic E-state index is 12.7. The summed E-state index contributed by atoms with van der Waals surface area (Å²) in [6.45, 7) is 5.48. The van der Waals surface area contributed by atoms with E-state index >= 15 is 0 Å². The quantitative estimate of drug-likeness (QED) is 0.666. The van der Waals surface area contributed by atoms with Gasteiger partial charge in [0.1, 0.15) is 0 Å². The third-order valence-electron chi connectivity index (χ3n) is 4.27. The van der Waals surface area contributed by atoms with E-state index in [0.717, 1.165) is 23.2 Å². The Morgan fingerprint density at radius 2 is 1.96 bits per heavy atom. The lowest BCUT2D eigenvalue weighted by Crippen LogP contribution is -2.24. The number of nitrogens with zero attached hydrogens (tertiary/aromatic N) is 3. The van der Waals surface area contributed by atoms with Gasteiger partial charge in [0.15, 0.2) is 0 Å². The molecule has 2 heterocycles. The van der Waals surface area contributed by atoms with Crippen LogP contribution in [0.5, 0.6) is 5.88 Å². The molecule has 1 N–H and O–H groups in total. The number of carbonyl (C=O) groups excluding carboxylic acids is 1. The van der Waals surface area contributed by atoms with Crippen LogP contribution < -0.4 is 10.1 Å². The highest BCUT2D eigenvalue weighted by atomic mass is 16.5. The predicted molar refractivity (Wildman–Crippen MR) is 104 cm³/mol. The molecular formula is C21H24N4O2. The summed E-state index contributed by atoms with van der Waals surface area (Å²) >= 11 is 0. The van der Waals surface area contributed by atoms with E-state index in [1.165, 1.54) is 0 Å². The number of carbonyl (C=O) groups is 1.